The van der Waals surface area contributed by atoms with Crippen LogP contribution >= 0.6 is 0 Å². The van der Waals surface area contributed by atoms with Crippen molar-refractivity contribution < 1.29 is 4.79 Å². The van der Waals surface area contributed by atoms with Crippen LogP contribution in [0, 0.1) is 0 Å². The van der Waals surface area contributed by atoms with Crippen LogP contribution in [0.5, 0.6) is 0 Å². The third kappa shape index (κ3) is 4.08. The predicted molar refractivity (Wildman–Crippen MR) is 95.5 cm³/mol. The van der Waals surface area contributed by atoms with Crippen LogP contribution in [0.15, 0.2) is 60.7 Å². The van der Waals surface area contributed by atoms with Gasteiger partial charge in [0.1, 0.15) is 0 Å². The maximum atomic E-state index is 12.4. The van der Waals surface area contributed by atoms with Crippen LogP contribution in [0.25, 0.3) is 6.08 Å². The fourth-order valence-electron chi connectivity index (χ4n) is 2.91. The smallest absolute Gasteiger partial charge is 0.240 e. The zero-order chi connectivity index (χ0) is 15.9. The van der Waals surface area contributed by atoms with Crippen molar-refractivity contribution in [3.8, 4) is 0 Å². The molecular weight excluding hydrogens is 284 g/mol. The molecule has 0 aromatic heterocycles. The second kappa shape index (κ2) is 7.75. The van der Waals surface area contributed by atoms with Crippen molar-refractivity contribution >= 4 is 17.7 Å². The highest BCUT2D eigenvalue weighted by atomic mass is 16.2. The highest BCUT2D eigenvalue weighted by Crippen LogP contribution is 2.26. The monoisotopic (exact) mass is 306 g/mol. The maximum Gasteiger partial charge on any atom is 0.240 e. The topological polar surface area (TPSA) is 32.3 Å². The average molecular weight is 306 g/mol. The van der Waals surface area contributed by atoms with Crippen molar-refractivity contribution in [3.63, 3.8) is 0 Å². The highest BCUT2D eigenvalue weighted by molar-refractivity contribution is 5.95. The van der Waals surface area contributed by atoms with Gasteiger partial charge >= 0.3 is 0 Å². The zero-order valence-corrected chi connectivity index (χ0v) is 13.2. The Morgan fingerprint density at radius 1 is 1.09 bits per heavy atom. The molecule has 3 heteroatoms. The molecule has 0 atom stereocenters. The van der Waals surface area contributed by atoms with Crippen LogP contribution < -0.4 is 10.2 Å². The van der Waals surface area contributed by atoms with Gasteiger partial charge in [0, 0.05) is 18.8 Å². The number of aryl methyl sites for hydroxylation is 1. The minimum Gasteiger partial charge on any atom is -0.311 e. The van der Waals surface area contributed by atoms with Crippen LogP contribution in [0.3, 0.4) is 0 Å². The van der Waals surface area contributed by atoms with Crippen molar-refractivity contribution in [2.24, 2.45) is 0 Å². The standard InChI is InChI=1S/C20H22N2O/c23-20(16-21-14-6-10-17-8-2-1-3-9-17)22-15-7-12-18-11-4-5-13-19(18)22/h1-6,8-11,13,21H,7,12,14-16H2/b10-6+. The predicted octanol–water partition coefficient (Wildman–Crippen LogP) is 3.27. The van der Waals surface area contributed by atoms with Gasteiger partial charge in [-0.15, -0.1) is 0 Å². The molecule has 1 N–H and O–H groups in total. The quantitative estimate of drug-likeness (QED) is 0.860. The lowest BCUT2D eigenvalue weighted by atomic mass is 10.0. The molecule has 118 valence electrons. The second-order valence-electron chi connectivity index (χ2n) is 5.72. The molecule has 1 aliphatic heterocycles. The molecule has 2 aromatic carbocycles. The number of hydrogen-bond acceptors (Lipinski definition) is 2. The summed E-state index contributed by atoms with van der Waals surface area (Å²) >= 11 is 0. The van der Waals surface area contributed by atoms with E-state index in [0.29, 0.717) is 13.1 Å². The summed E-state index contributed by atoms with van der Waals surface area (Å²) in [6.45, 7) is 1.88. The lowest BCUT2D eigenvalue weighted by molar-refractivity contribution is -0.117. The van der Waals surface area contributed by atoms with Gasteiger partial charge in [0.05, 0.1) is 6.54 Å². The Bertz CT molecular complexity index is 679. The molecule has 1 aliphatic rings. The van der Waals surface area contributed by atoms with E-state index in [1.807, 2.05) is 47.4 Å². The summed E-state index contributed by atoms with van der Waals surface area (Å²) in [6.07, 6.45) is 6.21. The summed E-state index contributed by atoms with van der Waals surface area (Å²) in [4.78, 5) is 14.3. The summed E-state index contributed by atoms with van der Waals surface area (Å²) in [7, 11) is 0. The second-order valence-corrected chi connectivity index (χ2v) is 5.72. The molecule has 3 rings (SSSR count). The fraction of sp³-hybridized carbons (Fsp3) is 0.250. The first kappa shape index (κ1) is 15.5. The minimum atomic E-state index is 0.144. The number of benzene rings is 2. The first-order valence-corrected chi connectivity index (χ1v) is 8.15. The van der Waals surface area contributed by atoms with Gasteiger partial charge in [-0.1, -0.05) is 60.7 Å². The average Bonchev–Trinajstić information content (AvgIpc) is 2.61. The van der Waals surface area contributed by atoms with E-state index in [2.05, 4.69) is 29.6 Å². The van der Waals surface area contributed by atoms with Crippen molar-refractivity contribution in [2.75, 3.05) is 24.5 Å². The summed E-state index contributed by atoms with van der Waals surface area (Å²) in [5.74, 6) is 0.144. The lowest BCUT2D eigenvalue weighted by Crippen LogP contribution is -2.41. The van der Waals surface area contributed by atoms with E-state index in [-0.39, 0.29) is 5.91 Å². The number of fused-ring (bicyclic) bond motifs is 1. The summed E-state index contributed by atoms with van der Waals surface area (Å²) in [6, 6.07) is 18.4. The van der Waals surface area contributed by atoms with Gasteiger partial charge < -0.3 is 10.2 Å². The molecule has 0 unspecified atom stereocenters. The Balaban J connectivity index is 1.50. The van der Waals surface area contributed by atoms with Gasteiger partial charge in [-0.2, -0.15) is 0 Å². The number of nitrogens with zero attached hydrogens (tertiary/aromatic N) is 1. The molecule has 0 aliphatic carbocycles. The van der Waals surface area contributed by atoms with E-state index < -0.39 is 0 Å². The van der Waals surface area contributed by atoms with Gasteiger partial charge in [-0.05, 0) is 30.0 Å². The molecule has 0 saturated heterocycles. The molecule has 23 heavy (non-hydrogen) atoms. The molecule has 0 bridgehead atoms. The van der Waals surface area contributed by atoms with Crippen molar-refractivity contribution in [3.05, 3.63) is 71.8 Å². The summed E-state index contributed by atoms with van der Waals surface area (Å²) in [5, 5.41) is 3.21. The number of anilines is 1. The Morgan fingerprint density at radius 2 is 1.87 bits per heavy atom. The highest BCUT2D eigenvalue weighted by Gasteiger charge is 2.21. The number of nitrogens with one attached hydrogen (secondary N) is 1. The van der Waals surface area contributed by atoms with E-state index >= 15 is 0 Å². The van der Waals surface area contributed by atoms with Gasteiger partial charge in [-0.3, -0.25) is 4.79 Å². The Morgan fingerprint density at radius 3 is 2.74 bits per heavy atom. The van der Waals surface area contributed by atoms with Crippen LogP contribution in [-0.4, -0.2) is 25.5 Å². The number of hydrogen-bond donors (Lipinski definition) is 1. The van der Waals surface area contributed by atoms with Gasteiger partial charge in [0.15, 0.2) is 0 Å². The largest absolute Gasteiger partial charge is 0.311 e. The number of para-hydroxylation sites is 1. The van der Waals surface area contributed by atoms with Crippen LogP contribution in [0.2, 0.25) is 0 Å². The molecule has 0 saturated carbocycles. The van der Waals surface area contributed by atoms with E-state index in [0.717, 1.165) is 25.1 Å². The van der Waals surface area contributed by atoms with E-state index in [9.17, 15) is 4.79 Å². The molecule has 2 aromatic rings. The molecule has 0 fully saturated rings. The zero-order valence-electron chi connectivity index (χ0n) is 13.2. The van der Waals surface area contributed by atoms with Crippen LogP contribution in [0.4, 0.5) is 5.69 Å². The first-order valence-electron chi connectivity index (χ1n) is 8.15. The SMILES string of the molecule is O=C(CNC/C=C/c1ccccc1)N1CCCc2ccccc21. The van der Waals surface area contributed by atoms with E-state index in [4.69, 9.17) is 0 Å². The Kier molecular flexibility index (Phi) is 5.22. The van der Waals surface area contributed by atoms with Gasteiger partial charge in [0.25, 0.3) is 0 Å². The maximum absolute atomic E-state index is 12.4. The first-order chi connectivity index (χ1) is 11.3. The number of carbonyl (C=O) groups is 1. The van der Waals surface area contributed by atoms with Crippen LogP contribution in [-0.2, 0) is 11.2 Å². The fourth-order valence-corrected chi connectivity index (χ4v) is 2.91. The summed E-state index contributed by atoms with van der Waals surface area (Å²) < 4.78 is 0. The Hall–Kier alpha value is -2.39. The third-order valence-electron chi connectivity index (χ3n) is 4.06. The number of rotatable bonds is 5. The Labute approximate surface area is 137 Å². The molecule has 0 spiro atoms. The number of carbonyl (C=O) groups excluding carboxylic acids is 1. The summed E-state index contributed by atoms with van der Waals surface area (Å²) in [5.41, 5.74) is 3.52. The molecule has 1 amide bonds. The van der Waals surface area contributed by atoms with Crippen molar-refractivity contribution in [1.82, 2.24) is 5.32 Å². The molecule has 0 radical (unpaired) electrons. The van der Waals surface area contributed by atoms with E-state index in [1.165, 1.54) is 11.1 Å². The van der Waals surface area contributed by atoms with Crippen molar-refractivity contribution in [1.29, 1.82) is 0 Å². The minimum absolute atomic E-state index is 0.144. The number of amides is 1. The molecular formula is C20H22N2O. The molecule has 3 nitrogen and oxygen atoms in total. The molecule has 1 heterocycles. The van der Waals surface area contributed by atoms with Gasteiger partial charge in [0.2, 0.25) is 5.91 Å². The van der Waals surface area contributed by atoms with Gasteiger partial charge in [-0.25, -0.2) is 0 Å². The van der Waals surface area contributed by atoms with Crippen molar-refractivity contribution in [2.45, 2.75) is 12.8 Å². The van der Waals surface area contributed by atoms with E-state index in [1.54, 1.807) is 0 Å². The normalized spacial score (nSPS) is 14.0. The lowest BCUT2D eigenvalue weighted by Gasteiger charge is -2.29. The third-order valence-corrected chi connectivity index (χ3v) is 4.06. The van der Waals surface area contributed by atoms with Crippen LogP contribution in [0.1, 0.15) is 17.5 Å².